The van der Waals surface area contributed by atoms with E-state index in [2.05, 4.69) is 6.92 Å². The predicted molar refractivity (Wildman–Crippen MR) is 71.1 cm³/mol. The molecule has 90 valence electrons. The van der Waals surface area contributed by atoms with Gasteiger partial charge in [0.1, 0.15) is 5.75 Å². The molecule has 0 aliphatic heterocycles. The summed E-state index contributed by atoms with van der Waals surface area (Å²) < 4.78 is 5.35. The molecule has 16 heavy (non-hydrogen) atoms. The number of ether oxygens (including phenoxy) is 1. The maximum absolute atomic E-state index is 6.23. The minimum atomic E-state index is -0.0920. The number of hydrogen-bond donors (Lipinski definition) is 0. The van der Waals surface area contributed by atoms with Crippen LogP contribution in [-0.4, -0.2) is 6.61 Å². The second kappa shape index (κ2) is 6.58. The Morgan fingerprint density at radius 1 is 1.19 bits per heavy atom. The number of halogens is 3. The van der Waals surface area contributed by atoms with Crippen LogP contribution < -0.4 is 4.74 Å². The Morgan fingerprint density at radius 2 is 1.88 bits per heavy atom. The summed E-state index contributed by atoms with van der Waals surface area (Å²) in [5, 5.41) is 1.08. The van der Waals surface area contributed by atoms with Gasteiger partial charge in [0, 0.05) is 11.1 Å². The van der Waals surface area contributed by atoms with Gasteiger partial charge in [0.05, 0.1) is 17.0 Å². The van der Waals surface area contributed by atoms with E-state index in [9.17, 15) is 0 Å². The van der Waals surface area contributed by atoms with Crippen LogP contribution in [0.2, 0.25) is 10.0 Å². The van der Waals surface area contributed by atoms with Crippen molar-refractivity contribution < 1.29 is 4.74 Å². The molecule has 1 aromatic carbocycles. The van der Waals surface area contributed by atoms with Crippen LogP contribution in [0.5, 0.6) is 5.75 Å². The van der Waals surface area contributed by atoms with Crippen molar-refractivity contribution in [3.05, 3.63) is 27.7 Å². The SMILES string of the molecule is CCCC(Cl)c1cc(Cl)c(OCC)cc1Cl. The molecule has 4 heteroatoms. The van der Waals surface area contributed by atoms with E-state index < -0.39 is 0 Å². The van der Waals surface area contributed by atoms with E-state index in [-0.39, 0.29) is 5.38 Å². The molecule has 0 spiro atoms. The molecule has 1 aromatic rings. The van der Waals surface area contributed by atoms with Crippen molar-refractivity contribution >= 4 is 34.8 Å². The Bertz CT molecular complexity index is 352. The van der Waals surface area contributed by atoms with Crippen molar-refractivity contribution in [3.63, 3.8) is 0 Å². The van der Waals surface area contributed by atoms with E-state index in [1.165, 1.54) is 0 Å². The predicted octanol–water partition coefficient (Wildman–Crippen LogP) is 5.47. The molecule has 0 heterocycles. The molecule has 0 aliphatic rings. The van der Waals surface area contributed by atoms with Gasteiger partial charge in [0.15, 0.2) is 0 Å². The largest absolute Gasteiger partial charge is 0.492 e. The molecular weight excluding hydrogens is 266 g/mol. The third-order valence-electron chi connectivity index (χ3n) is 2.23. The van der Waals surface area contributed by atoms with Gasteiger partial charge in [0.25, 0.3) is 0 Å². The highest BCUT2D eigenvalue weighted by molar-refractivity contribution is 6.35. The molecule has 0 aromatic heterocycles. The molecule has 1 atom stereocenters. The van der Waals surface area contributed by atoms with Crippen molar-refractivity contribution in [1.82, 2.24) is 0 Å². The summed E-state index contributed by atoms with van der Waals surface area (Å²) in [5.41, 5.74) is 0.874. The highest BCUT2D eigenvalue weighted by Crippen LogP contribution is 2.37. The van der Waals surface area contributed by atoms with Gasteiger partial charge in [-0.05, 0) is 25.0 Å². The average Bonchev–Trinajstić information content (AvgIpc) is 2.23. The van der Waals surface area contributed by atoms with Crippen LogP contribution in [0.4, 0.5) is 0 Å². The lowest BCUT2D eigenvalue weighted by Crippen LogP contribution is -1.96. The smallest absolute Gasteiger partial charge is 0.139 e. The zero-order valence-electron chi connectivity index (χ0n) is 9.40. The van der Waals surface area contributed by atoms with Gasteiger partial charge in [-0.2, -0.15) is 0 Å². The average molecular weight is 282 g/mol. The summed E-state index contributed by atoms with van der Waals surface area (Å²) in [6, 6.07) is 3.52. The van der Waals surface area contributed by atoms with Gasteiger partial charge in [-0.25, -0.2) is 0 Å². The number of alkyl halides is 1. The number of benzene rings is 1. The Hall–Kier alpha value is -0.110. The molecule has 0 radical (unpaired) electrons. The van der Waals surface area contributed by atoms with Gasteiger partial charge in [-0.3, -0.25) is 0 Å². The van der Waals surface area contributed by atoms with E-state index >= 15 is 0 Å². The van der Waals surface area contributed by atoms with E-state index in [1.54, 1.807) is 12.1 Å². The monoisotopic (exact) mass is 280 g/mol. The minimum Gasteiger partial charge on any atom is -0.492 e. The molecule has 0 fully saturated rings. The van der Waals surface area contributed by atoms with Gasteiger partial charge < -0.3 is 4.74 Å². The van der Waals surface area contributed by atoms with Crippen molar-refractivity contribution in [3.8, 4) is 5.75 Å². The highest BCUT2D eigenvalue weighted by Gasteiger charge is 2.14. The van der Waals surface area contributed by atoms with Crippen LogP contribution in [-0.2, 0) is 0 Å². The molecule has 0 saturated heterocycles. The van der Waals surface area contributed by atoms with Crippen molar-refractivity contribution in [1.29, 1.82) is 0 Å². The topological polar surface area (TPSA) is 9.23 Å². The first-order chi connectivity index (χ1) is 7.60. The van der Waals surface area contributed by atoms with Gasteiger partial charge >= 0.3 is 0 Å². The fourth-order valence-corrected chi connectivity index (χ4v) is 2.43. The molecule has 1 rings (SSSR count). The Labute approximate surface area is 112 Å². The lowest BCUT2D eigenvalue weighted by molar-refractivity contribution is 0.340. The van der Waals surface area contributed by atoms with E-state index in [1.807, 2.05) is 6.92 Å². The second-order valence-corrected chi connectivity index (χ2v) is 4.83. The van der Waals surface area contributed by atoms with Crippen molar-refractivity contribution in [2.24, 2.45) is 0 Å². The first-order valence-corrected chi connectivity index (χ1v) is 6.55. The van der Waals surface area contributed by atoms with Crippen LogP contribution >= 0.6 is 34.8 Å². The number of hydrogen-bond acceptors (Lipinski definition) is 1. The fraction of sp³-hybridized carbons (Fsp3) is 0.500. The molecule has 0 aliphatic carbocycles. The zero-order valence-corrected chi connectivity index (χ0v) is 11.7. The standard InChI is InChI=1S/C12H15Cl3O/c1-3-5-9(13)8-6-11(15)12(16-4-2)7-10(8)14/h6-7,9H,3-5H2,1-2H3. The first kappa shape index (κ1) is 14.0. The van der Waals surface area contributed by atoms with Crippen LogP contribution in [0, 0.1) is 0 Å². The third kappa shape index (κ3) is 3.44. The first-order valence-electron chi connectivity index (χ1n) is 5.35. The lowest BCUT2D eigenvalue weighted by atomic mass is 10.1. The van der Waals surface area contributed by atoms with Gasteiger partial charge in [-0.1, -0.05) is 36.5 Å². The molecule has 0 N–H and O–H groups in total. The zero-order chi connectivity index (χ0) is 12.1. The van der Waals surface area contributed by atoms with Crippen molar-refractivity contribution in [2.75, 3.05) is 6.61 Å². The highest BCUT2D eigenvalue weighted by atomic mass is 35.5. The summed E-state index contributed by atoms with van der Waals surface area (Å²) >= 11 is 18.5. The molecule has 1 nitrogen and oxygen atoms in total. The second-order valence-electron chi connectivity index (χ2n) is 3.49. The van der Waals surface area contributed by atoms with E-state index in [0.29, 0.717) is 22.4 Å². The molecule has 1 unspecified atom stereocenters. The minimum absolute atomic E-state index is 0.0920. The normalized spacial score (nSPS) is 12.6. The van der Waals surface area contributed by atoms with Crippen LogP contribution in [0.1, 0.15) is 37.6 Å². The molecule has 0 amide bonds. The van der Waals surface area contributed by atoms with Gasteiger partial charge in [0.2, 0.25) is 0 Å². The lowest BCUT2D eigenvalue weighted by Gasteiger charge is -2.13. The summed E-state index contributed by atoms with van der Waals surface area (Å²) in [4.78, 5) is 0. The summed E-state index contributed by atoms with van der Waals surface area (Å²) in [5.74, 6) is 0.610. The van der Waals surface area contributed by atoms with Crippen LogP contribution in [0.25, 0.3) is 0 Å². The van der Waals surface area contributed by atoms with Gasteiger partial charge in [-0.15, -0.1) is 11.6 Å². The number of rotatable bonds is 5. The maximum Gasteiger partial charge on any atom is 0.139 e. The van der Waals surface area contributed by atoms with E-state index in [0.717, 1.165) is 18.4 Å². The Morgan fingerprint density at radius 3 is 2.44 bits per heavy atom. The molecular formula is C12H15Cl3O. The van der Waals surface area contributed by atoms with E-state index in [4.69, 9.17) is 39.5 Å². The maximum atomic E-state index is 6.23. The quantitative estimate of drug-likeness (QED) is 0.650. The summed E-state index contributed by atoms with van der Waals surface area (Å²) in [6.07, 6.45) is 1.89. The Balaban J connectivity index is 3.00. The molecule has 0 bridgehead atoms. The summed E-state index contributed by atoms with van der Waals surface area (Å²) in [6.45, 7) is 4.55. The van der Waals surface area contributed by atoms with Crippen LogP contribution in [0.15, 0.2) is 12.1 Å². The van der Waals surface area contributed by atoms with Crippen LogP contribution in [0.3, 0.4) is 0 Å². The molecule has 0 saturated carbocycles. The third-order valence-corrected chi connectivity index (χ3v) is 3.31. The summed E-state index contributed by atoms with van der Waals surface area (Å²) in [7, 11) is 0. The fourth-order valence-electron chi connectivity index (χ4n) is 1.46. The Kier molecular flexibility index (Phi) is 5.74. The van der Waals surface area contributed by atoms with Crippen molar-refractivity contribution in [2.45, 2.75) is 32.1 Å².